The molecule has 0 unspecified atom stereocenters. The van der Waals surface area contributed by atoms with Gasteiger partial charge in [-0.2, -0.15) is 0 Å². The first-order valence-corrected chi connectivity index (χ1v) is 22.1. The first-order valence-electron chi connectivity index (χ1n) is 22.1. The van der Waals surface area contributed by atoms with Gasteiger partial charge in [-0.1, -0.05) is 196 Å². The van der Waals surface area contributed by atoms with E-state index in [1.165, 1.54) is 116 Å². The highest BCUT2D eigenvalue weighted by molar-refractivity contribution is 5.71. The molecule has 6 nitrogen and oxygen atoms in total. The third-order valence-corrected chi connectivity index (χ3v) is 9.90. The molecule has 51 heavy (non-hydrogen) atoms. The molecule has 0 saturated heterocycles. The number of ether oxygens (including phenoxy) is 3. The van der Waals surface area contributed by atoms with E-state index in [0.717, 1.165) is 75.5 Å². The minimum Gasteiger partial charge on any atom is -0.462 e. The predicted octanol–water partition coefficient (Wildman–Crippen LogP) is 13.7. The molecule has 302 valence electrons. The van der Waals surface area contributed by atoms with Crippen LogP contribution in [0.3, 0.4) is 0 Å². The number of esters is 3. The van der Waals surface area contributed by atoms with Crippen molar-refractivity contribution in [3.63, 3.8) is 0 Å². The van der Waals surface area contributed by atoms with Gasteiger partial charge in [0.05, 0.1) is 0 Å². The molecule has 0 saturated carbocycles. The van der Waals surface area contributed by atoms with Crippen molar-refractivity contribution in [1.82, 2.24) is 0 Å². The number of carbonyl (C=O) groups excluding carboxylic acids is 3. The quantitative estimate of drug-likeness (QED) is 0.0359. The van der Waals surface area contributed by atoms with Crippen LogP contribution in [0, 0.1) is 17.8 Å². The molecule has 0 N–H and O–H groups in total. The monoisotopic (exact) mass is 723 g/mol. The highest BCUT2D eigenvalue weighted by Crippen LogP contribution is 2.16. The minimum atomic E-state index is -0.762. The summed E-state index contributed by atoms with van der Waals surface area (Å²) in [6, 6.07) is 0. The lowest BCUT2D eigenvalue weighted by Crippen LogP contribution is -2.30. The summed E-state index contributed by atoms with van der Waals surface area (Å²) < 4.78 is 16.7. The standard InChI is InChI=1S/C45H86O6/c1-39(2)31-25-19-13-9-7-8-10-15-22-28-34-43(46)49-37-42(51-45(48)36-30-24-18-17-21-27-33-41(5)6)38-50-44(47)35-29-23-16-12-11-14-20-26-32-40(3)4/h39-42H,7-38H2,1-6H3/t42-/m1/s1. The van der Waals surface area contributed by atoms with Gasteiger partial charge in [-0.15, -0.1) is 0 Å². The molecular weight excluding hydrogens is 636 g/mol. The van der Waals surface area contributed by atoms with Gasteiger partial charge in [-0.3, -0.25) is 14.4 Å². The Kier molecular flexibility index (Phi) is 35.6. The van der Waals surface area contributed by atoms with Crippen molar-refractivity contribution in [2.75, 3.05) is 13.2 Å². The number of carbonyl (C=O) groups is 3. The topological polar surface area (TPSA) is 78.9 Å². The SMILES string of the molecule is CC(C)CCCCCCCCCCCCC(=O)OC[C@H](COC(=O)CCCCCCCCCCC(C)C)OC(=O)CCCCCCCCC(C)C. The summed E-state index contributed by atoms with van der Waals surface area (Å²) in [5.74, 6) is 1.50. The van der Waals surface area contributed by atoms with Crippen molar-refractivity contribution in [2.45, 2.75) is 240 Å². The predicted molar refractivity (Wildman–Crippen MR) is 215 cm³/mol. The molecule has 0 aliphatic carbocycles. The molecule has 0 spiro atoms. The largest absolute Gasteiger partial charge is 0.462 e. The highest BCUT2D eigenvalue weighted by Gasteiger charge is 2.19. The Balaban J connectivity index is 4.32. The molecule has 0 aliphatic heterocycles. The van der Waals surface area contributed by atoms with E-state index in [1.807, 2.05) is 0 Å². The summed E-state index contributed by atoms with van der Waals surface area (Å²) in [6.07, 6.45) is 32.5. The Morgan fingerprint density at radius 2 is 0.569 bits per heavy atom. The molecule has 0 aliphatic rings. The number of hydrogen-bond donors (Lipinski definition) is 0. The van der Waals surface area contributed by atoms with Crippen LogP contribution in [-0.4, -0.2) is 37.2 Å². The van der Waals surface area contributed by atoms with Crippen molar-refractivity contribution in [1.29, 1.82) is 0 Å². The van der Waals surface area contributed by atoms with Gasteiger partial charge in [-0.25, -0.2) is 0 Å². The van der Waals surface area contributed by atoms with E-state index >= 15 is 0 Å². The normalized spacial score (nSPS) is 12.2. The van der Waals surface area contributed by atoms with Crippen molar-refractivity contribution < 1.29 is 28.6 Å². The van der Waals surface area contributed by atoms with E-state index in [1.54, 1.807) is 0 Å². The summed E-state index contributed by atoms with van der Waals surface area (Å²) in [4.78, 5) is 37.6. The van der Waals surface area contributed by atoms with Crippen LogP contribution >= 0.6 is 0 Å². The van der Waals surface area contributed by atoms with E-state index in [-0.39, 0.29) is 31.1 Å². The molecule has 0 aromatic heterocycles. The van der Waals surface area contributed by atoms with Crippen LogP contribution in [0.15, 0.2) is 0 Å². The van der Waals surface area contributed by atoms with Crippen LogP contribution in [0.5, 0.6) is 0 Å². The molecule has 0 fully saturated rings. The van der Waals surface area contributed by atoms with Crippen LogP contribution in [0.1, 0.15) is 234 Å². The van der Waals surface area contributed by atoms with Crippen molar-refractivity contribution in [3.8, 4) is 0 Å². The number of rotatable bonds is 38. The van der Waals surface area contributed by atoms with Gasteiger partial charge < -0.3 is 14.2 Å². The molecule has 0 aromatic carbocycles. The van der Waals surface area contributed by atoms with Gasteiger partial charge in [0, 0.05) is 19.3 Å². The van der Waals surface area contributed by atoms with Gasteiger partial charge in [0.1, 0.15) is 13.2 Å². The molecule has 0 aromatic rings. The summed E-state index contributed by atoms with van der Waals surface area (Å²) >= 11 is 0. The maximum absolute atomic E-state index is 12.6. The van der Waals surface area contributed by atoms with Gasteiger partial charge in [0.25, 0.3) is 0 Å². The van der Waals surface area contributed by atoms with Crippen LogP contribution < -0.4 is 0 Å². The Morgan fingerprint density at radius 1 is 0.333 bits per heavy atom. The van der Waals surface area contributed by atoms with Crippen molar-refractivity contribution in [2.24, 2.45) is 17.8 Å². The maximum Gasteiger partial charge on any atom is 0.306 e. The second kappa shape index (κ2) is 36.8. The average molecular weight is 723 g/mol. The van der Waals surface area contributed by atoms with Crippen LogP contribution in [-0.2, 0) is 28.6 Å². The molecule has 0 amide bonds. The molecule has 0 heterocycles. The lowest BCUT2D eigenvalue weighted by Gasteiger charge is -2.18. The third kappa shape index (κ3) is 39.5. The zero-order chi connectivity index (χ0) is 37.8. The van der Waals surface area contributed by atoms with E-state index in [0.29, 0.717) is 19.3 Å². The van der Waals surface area contributed by atoms with Gasteiger partial charge >= 0.3 is 17.9 Å². The minimum absolute atomic E-state index is 0.0674. The summed E-state index contributed by atoms with van der Waals surface area (Å²) in [5.41, 5.74) is 0. The Labute approximate surface area is 317 Å². The second-order valence-corrected chi connectivity index (χ2v) is 16.8. The van der Waals surface area contributed by atoms with Gasteiger partial charge in [0.15, 0.2) is 6.10 Å². The average Bonchev–Trinajstić information content (AvgIpc) is 3.08. The molecule has 0 rings (SSSR count). The van der Waals surface area contributed by atoms with Crippen molar-refractivity contribution in [3.05, 3.63) is 0 Å². The van der Waals surface area contributed by atoms with E-state index < -0.39 is 6.10 Å². The molecule has 0 radical (unpaired) electrons. The zero-order valence-corrected chi connectivity index (χ0v) is 34.9. The number of unbranched alkanes of at least 4 members (excludes halogenated alkanes) is 21. The Hall–Kier alpha value is -1.59. The highest BCUT2D eigenvalue weighted by atomic mass is 16.6. The van der Waals surface area contributed by atoms with Crippen LogP contribution in [0.25, 0.3) is 0 Å². The number of hydrogen-bond acceptors (Lipinski definition) is 6. The summed E-state index contributed by atoms with van der Waals surface area (Å²) in [6.45, 7) is 13.6. The van der Waals surface area contributed by atoms with E-state index in [2.05, 4.69) is 41.5 Å². The fourth-order valence-electron chi connectivity index (χ4n) is 6.52. The van der Waals surface area contributed by atoms with Crippen LogP contribution in [0.2, 0.25) is 0 Å². The first-order chi connectivity index (χ1) is 24.6. The molecule has 0 bridgehead atoms. The fourth-order valence-corrected chi connectivity index (χ4v) is 6.52. The summed E-state index contributed by atoms with van der Waals surface area (Å²) in [5, 5.41) is 0. The fraction of sp³-hybridized carbons (Fsp3) is 0.933. The van der Waals surface area contributed by atoms with Gasteiger partial charge in [-0.05, 0) is 37.0 Å². The van der Waals surface area contributed by atoms with Crippen LogP contribution in [0.4, 0.5) is 0 Å². The lowest BCUT2D eigenvalue weighted by atomic mass is 10.0. The smallest absolute Gasteiger partial charge is 0.306 e. The summed E-state index contributed by atoms with van der Waals surface area (Å²) in [7, 11) is 0. The van der Waals surface area contributed by atoms with E-state index in [9.17, 15) is 14.4 Å². The molecule has 6 heteroatoms. The van der Waals surface area contributed by atoms with Crippen molar-refractivity contribution >= 4 is 17.9 Å². The molecule has 1 atom stereocenters. The third-order valence-electron chi connectivity index (χ3n) is 9.90. The Bertz CT molecular complexity index is 792. The molecular formula is C45H86O6. The van der Waals surface area contributed by atoms with E-state index in [4.69, 9.17) is 14.2 Å². The zero-order valence-electron chi connectivity index (χ0n) is 34.9. The maximum atomic E-state index is 12.6. The Morgan fingerprint density at radius 3 is 0.843 bits per heavy atom. The van der Waals surface area contributed by atoms with Gasteiger partial charge in [0.2, 0.25) is 0 Å². The first kappa shape index (κ1) is 49.4. The lowest BCUT2D eigenvalue weighted by molar-refractivity contribution is -0.167. The second-order valence-electron chi connectivity index (χ2n) is 16.8.